The Hall–Kier alpha value is -0.830. The Labute approximate surface area is 59.3 Å². The van der Waals surface area contributed by atoms with Gasteiger partial charge in [0, 0.05) is 13.3 Å². The molecule has 1 aliphatic carbocycles. The maximum absolute atomic E-state index is 10.4. The van der Waals surface area contributed by atoms with Crippen LogP contribution in [0.2, 0.25) is 0 Å². The lowest BCUT2D eigenvalue weighted by atomic mass is 10.3. The van der Waals surface area contributed by atoms with Crippen LogP contribution in [0.25, 0.3) is 0 Å². The van der Waals surface area contributed by atoms with Crippen LogP contribution in [0.15, 0.2) is 12.2 Å². The normalized spacial score (nSPS) is 30.6. The van der Waals surface area contributed by atoms with Gasteiger partial charge in [-0.25, -0.2) is 0 Å². The first-order valence-electron chi connectivity index (χ1n) is 3.22. The van der Waals surface area contributed by atoms with E-state index >= 15 is 0 Å². The number of esters is 1. The predicted octanol–water partition coefficient (Wildman–Crippen LogP) is 0.239. The van der Waals surface area contributed by atoms with Crippen LogP contribution >= 0.6 is 0 Å². The van der Waals surface area contributed by atoms with E-state index in [0.717, 1.165) is 0 Å². The third-order valence-electron chi connectivity index (χ3n) is 1.34. The molecular formula is C7H10O3. The standard InChI is InChI=1S/C7H10O3/c1-5(8)10-7-3-2-6(9)4-7/h2-3,6-7,9H,4H2,1H3/t6?,7-/m1/s1. The smallest absolute Gasteiger partial charge is 0.303 e. The van der Waals surface area contributed by atoms with Crippen molar-refractivity contribution in [1.29, 1.82) is 0 Å². The van der Waals surface area contributed by atoms with Crippen LogP contribution in [0.5, 0.6) is 0 Å². The lowest BCUT2D eigenvalue weighted by Crippen LogP contribution is -2.13. The van der Waals surface area contributed by atoms with Crippen LogP contribution in [0.3, 0.4) is 0 Å². The van der Waals surface area contributed by atoms with E-state index in [2.05, 4.69) is 0 Å². The van der Waals surface area contributed by atoms with E-state index in [-0.39, 0.29) is 12.1 Å². The van der Waals surface area contributed by atoms with Crippen molar-refractivity contribution in [2.75, 3.05) is 0 Å². The Bertz CT molecular complexity index is 162. The lowest BCUT2D eigenvalue weighted by Gasteiger charge is -2.07. The molecule has 2 atom stereocenters. The van der Waals surface area contributed by atoms with Gasteiger partial charge in [-0.1, -0.05) is 6.08 Å². The Morgan fingerprint density at radius 3 is 2.80 bits per heavy atom. The van der Waals surface area contributed by atoms with Gasteiger partial charge >= 0.3 is 5.97 Å². The first kappa shape index (κ1) is 7.28. The second-order valence-electron chi connectivity index (χ2n) is 2.34. The quantitative estimate of drug-likeness (QED) is 0.421. The van der Waals surface area contributed by atoms with Crippen LogP contribution < -0.4 is 0 Å². The van der Waals surface area contributed by atoms with Crippen molar-refractivity contribution in [3.63, 3.8) is 0 Å². The van der Waals surface area contributed by atoms with E-state index in [0.29, 0.717) is 6.42 Å². The highest BCUT2D eigenvalue weighted by atomic mass is 16.5. The average molecular weight is 142 g/mol. The molecule has 0 fully saturated rings. The molecule has 0 aliphatic heterocycles. The molecule has 0 spiro atoms. The zero-order chi connectivity index (χ0) is 7.56. The summed E-state index contributed by atoms with van der Waals surface area (Å²) in [5.41, 5.74) is 0. The minimum Gasteiger partial charge on any atom is -0.458 e. The monoisotopic (exact) mass is 142 g/mol. The van der Waals surface area contributed by atoms with Gasteiger partial charge in [0.05, 0.1) is 6.10 Å². The fraction of sp³-hybridized carbons (Fsp3) is 0.571. The molecule has 10 heavy (non-hydrogen) atoms. The summed E-state index contributed by atoms with van der Waals surface area (Å²) in [4.78, 5) is 10.4. The molecule has 1 unspecified atom stereocenters. The Morgan fingerprint density at radius 2 is 2.40 bits per heavy atom. The van der Waals surface area contributed by atoms with Crippen LogP contribution in [0.4, 0.5) is 0 Å². The Morgan fingerprint density at radius 1 is 1.70 bits per heavy atom. The number of hydrogen-bond acceptors (Lipinski definition) is 3. The molecule has 1 aliphatic rings. The maximum atomic E-state index is 10.4. The van der Waals surface area contributed by atoms with Gasteiger partial charge in [-0.3, -0.25) is 4.79 Å². The molecule has 0 bridgehead atoms. The number of hydrogen-bond donors (Lipinski definition) is 1. The molecule has 0 amide bonds. The first-order chi connectivity index (χ1) is 4.68. The molecule has 1 N–H and O–H groups in total. The number of ether oxygens (including phenoxy) is 1. The van der Waals surface area contributed by atoms with E-state index in [1.54, 1.807) is 12.2 Å². The van der Waals surface area contributed by atoms with E-state index in [1.807, 2.05) is 0 Å². The molecular weight excluding hydrogens is 132 g/mol. The van der Waals surface area contributed by atoms with Gasteiger partial charge in [0.1, 0.15) is 6.10 Å². The van der Waals surface area contributed by atoms with Gasteiger partial charge < -0.3 is 9.84 Å². The molecule has 3 nitrogen and oxygen atoms in total. The zero-order valence-electron chi connectivity index (χ0n) is 5.78. The van der Waals surface area contributed by atoms with E-state index in [9.17, 15) is 4.79 Å². The minimum atomic E-state index is -0.440. The predicted molar refractivity (Wildman–Crippen MR) is 35.3 cm³/mol. The van der Waals surface area contributed by atoms with Crippen molar-refractivity contribution in [1.82, 2.24) is 0 Å². The average Bonchev–Trinajstić information content (AvgIpc) is 2.13. The van der Waals surface area contributed by atoms with Gasteiger partial charge in [0.25, 0.3) is 0 Å². The van der Waals surface area contributed by atoms with Crippen molar-refractivity contribution in [2.24, 2.45) is 0 Å². The minimum absolute atomic E-state index is 0.215. The van der Waals surface area contributed by atoms with Gasteiger partial charge in [0.2, 0.25) is 0 Å². The molecule has 3 heteroatoms. The Balaban J connectivity index is 2.33. The van der Waals surface area contributed by atoms with E-state index in [1.165, 1.54) is 6.92 Å². The number of aliphatic hydroxyl groups excluding tert-OH is 1. The van der Waals surface area contributed by atoms with E-state index < -0.39 is 6.10 Å². The molecule has 0 aromatic rings. The van der Waals surface area contributed by atoms with Crippen molar-refractivity contribution in [3.05, 3.63) is 12.2 Å². The summed E-state index contributed by atoms with van der Waals surface area (Å²) in [5, 5.41) is 8.93. The largest absolute Gasteiger partial charge is 0.458 e. The summed E-state index contributed by atoms with van der Waals surface area (Å²) in [6, 6.07) is 0. The van der Waals surface area contributed by atoms with Crippen LogP contribution in [0, 0.1) is 0 Å². The van der Waals surface area contributed by atoms with Crippen LogP contribution in [-0.4, -0.2) is 23.3 Å². The molecule has 56 valence electrons. The van der Waals surface area contributed by atoms with Crippen LogP contribution in [-0.2, 0) is 9.53 Å². The van der Waals surface area contributed by atoms with Gasteiger partial charge in [-0.2, -0.15) is 0 Å². The highest BCUT2D eigenvalue weighted by Crippen LogP contribution is 2.13. The second-order valence-corrected chi connectivity index (χ2v) is 2.34. The van der Waals surface area contributed by atoms with Gasteiger partial charge in [-0.05, 0) is 6.08 Å². The molecule has 0 aromatic carbocycles. The van der Waals surface area contributed by atoms with E-state index in [4.69, 9.17) is 9.84 Å². The zero-order valence-corrected chi connectivity index (χ0v) is 5.78. The number of aliphatic hydroxyl groups is 1. The molecule has 0 aromatic heterocycles. The first-order valence-corrected chi connectivity index (χ1v) is 3.22. The number of rotatable bonds is 1. The maximum Gasteiger partial charge on any atom is 0.303 e. The highest BCUT2D eigenvalue weighted by molar-refractivity contribution is 5.66. The van der Waals surface area contributed by atoms with Crippen LogP contribution in [0.1, 0.15) is 13.3 Å². The lowest BCUT2D eigenvalue weighted by molar-refractivity contribution is -0.144. The van der Waals surface area contributed by atoms with Gasteiger partial charge in [-0.15, -0.1) is 0 Å². The molecule has 0 saturated carbocycles. The molecule has 1 rings (SSSR count). The number of carbonyl (C=O) groups is 1. The fourth-order valence-electron chi connectivity index (χ4n) is 0.948. The Kier molecular flexibility index (Phi) is 2.06. The number of carbonyl (C=O) groups excluding carboxylic acids is 1. The third kappa shape index (κ3) is 1.84. The second kappa shape index (κ2) is 2.84. The summed E-state index contributed by atoms with van der Waals surface area (Å²) in [6.07, 6.45) is 3.18. The molecule has 0 heterocycles. The topological polar surface area (TPSA) is 46.5 Å². The summed E-state index contributed by atoms with van der Waals surface area (Å²) in [6.45, 7) is 1.36. The van der Waals surface area contributed by atoms with Crippen molar-refractivity contribution in [3.8, 4) is 0 Å². The fourth-order valence-corrected chi connectivity index (χ4v) is 0.948. The summed E-state index contributed by atoms with van der Waals surface area (Å²) in [5.74, 6) is -0.302. The van der Waals surface area contributed by atoms with Gasteiger partial charge in [0.15, 0.2) is 0 Å². The molecule has 0 radical (unpaired) electrons. The van der Waals surface area contributed by atoms with Crippen molar-refractivity contribution in [2.45, 2.75) is 25.6 Å². The SMILES string of the molecule is CC(=O)O[C@@H]1C=CC(O)C1. The third-order valence-corrected chi connectivity index (χ3v) is 1.34. The molecule has 0 saturated heterocycles. The van der Waals surface area contributed by atoms with Crippen molar-refractivity contribution >= 4 is 5.97 Å². The summed E-state index contributed by atoms with van der Waals surface area (Å²) >= 11 is 0. The van der Waals surface area contributed by atoms with Crippen molar-refractivity contribution < 1.29 is 14.6 Å². The summed E-state index contributed by atoms with van der Waals surface area (Å²) in [7, 11) is 0. The highest BCUT2D eigenvalue weighted by Gasteiger charge is 2.18. The summed E-state index contributed by atoms with van der Waals surface area (Å²) < 4.78 is 4.80.